The number of aliphatic hydroxyl groups is 1. The molecule has 8 nitrogen and oxygen atoms in total. The maximum Gasteiger partial charge on any atom is 0.325 e. The first-order chi connectivity index (χ1) is 12.0. The van der Waals surface area contributed by atoms with Gasteiger partial charge in [-0.2, -0.15) is 0 Å². The van der Waals surface area contributed by atoms with Gasteiger partial charge in [0, 0.05) is 6.07 Å². The summed E-state index contributed by atoms with van der Waals surface area (Å²) in [5.41, 5.74) is -0.838. The molecule has 134 valence electrons. The number of nitrogens with zero attached hydrogens (tertiary/aromatic N) is 1. The number of hydrogen-bond acceptors (Lipinski definition) is 6. The van der Waals surface area contributed by atoms with Crippen LogP contribution >= 0.6 is 0 Å². The van der Waals surface area contributed by atoms with Crippen LogP contribution in [0.1, 0.15) is 19.8 Å². The number of fused-ring (bicyclic) bond motifs is 1. The zero-order valence-corrected chi connectivity index (χ0v) is 13.9. The van der Waals surface area contributed by atoms with Crippen molar-refractivity contribution < 1.29 is 28.9 Å². The molecule has 0 aromatic heterocycles. The first-order valence-corrected chi connectivity index (χ1v) is 8.32. The molecule has 1 aliphatic carbocycles. The zero-order valence-electron chi connectivity index (χ0n) is 13.9. The van der Waals surface area contributed by atoms with Crippen molar-refractivity contribution in [3.05, 3.63) is 18.2 Å². The lowest BCUT2D eigenvalue weighted by atomic mass is 9.96. The van der Waals surface area contributed by atoms with E-state index in [0.717, 1.165) is 17.7 Å². The molecule has 8 heteroatoms. The highest BCUT2D eigenvalue weighted by Gasteiger charge is 2.56. The topological polar surface area (TPSA) is 97.3 Å². The average Bonchev–Trinajstić information content (AvgIpc) is 3.31. The Kier molecular flexibility index (Phi) is 3.72. The van der Waals surface area contributed by atoms with Crippen molar-refractivity contribution >= 4 is 11.9 Å². The summed E-state index contributed by atoms with van der Waals surface area (Å²) < 4.78 is 16.0. The first-order valence-electron chi connectivity index (χ1n) is 8.32. The number of carbonyl (C=O) groups excluding carboxylic acids is 2. The van der Waals surface area contributed by atoms with Gasteiger partial charge in [-0.05, 0) is 37.8 Å². The van der Waals surface area contributed by atoms with E-state index in [2.05, 4.69) is 5.32 Å². The maximum absolute atomic E-state index is 12.5. The second-order valence-electron chi connectivity index (χ2n) is 6.80. The minimum absolute atomic E-state index is 0.0448. The van der Waals surface area contributed by atoms with Gasteiger partial charge in [-0.1, -0.05) is 0 Å². The predicted octanol–water partition coefficient (Wildman–Crippen LogP) is 0.875. The van der Waals surface area contributed by atoms with Crippen LogP contribution in [-0.4, -0.2) is 53.5 Å². The number of amides is 3. The highest BCUT2D eigenvalue weighted by Crippen LogP contribution is 2.42. The van der Waals surface area contributed by atoms with E-state index >= 15 is 0 Å². The largest absolute Gasteiger partial charge is 0.491 e. The summed E-state index contributed by atoms with van der Waals surface area (Å²) in [6.07, 6.45) is 0.889. The van der Waals surface area contributed by atoms with Crippen LogP contribution in [0.4, 0.5) is 4.79 Å². The summed E-state index contributed by atoms with van der Waals surface area (Å²) in [6.45, 7) is 1.78. The lowest BCUT2D eigenvalue weighted by molar-refractivity contribution is -0.132. The number of ether oxygens (including phenoxy) is 3. The molecule has 3 amide bonds. The van der Waals surface area contributed by atoms with Gasteiger partial charge < -0.3 is 24.6 Å². The van der Waals surface area contributed by atoms with Crippen LogP contribution < -0.4 is 19.5 Å². The molecule has 0 radical (unpaired) electrons. The van der Waals surface area contributed by atoms with Gasteiger partial charge in [0.1, 0.15) is 24.0 Å². The zero-order chi connectivity index (χ0) is 17.6. The molecule has 2 atom stereocenters. The Morgan fingerprint density at radius 3 is 2.88 bits per heavy atom. The lowest BCUT2D eigenvalue weighted by Crippen LogP contribution is -2.46. The van der Waals surface area contributed by atoms with E-state index in [1.807, 2.05) is 0 Å². The van der Waals surface area contributed by atoms with E-state index in [9.17, 15) is 14.7 Å². The minimum atomic E-state index is -0.985. The number of aliphatic hydroxyl groups excluding tert-OH is 1. The van der Waals surface area contributed by atoms with Crippen LogP contribution in [0.3, 0.4) is 0 Å². The third kappa shape index (κ3) is 2.86. The molecule has 2 fully saturated rings. The van der Waals surface area contributed by atoms with Crippen LogP contribution in [0, 0.1) is 5.92 Å². The van der Waals surface area contributed by atoms with Crippen molar-refractivity contribution in [2.45, 2.75) is 31.4 Å². The molecule has 1 saturated heterocycles. The highest BCUT2D eigenvalue weighted by atomic mass is 16.7. The normalized spacial score (nSPS) is 25.9. The first kappa shape index (κ1) is 16.0. The van der Waals surface area contributed by atoms with Gasteiger partial charge in [0.15, 0.2) is 11.5 Å². The number of imide groups is 1. The van der Waals surface area contributed by atoms with Gasteiger partial charge in [0.2, 0.25) is 6.79 Å². The molecule has 2 N–H and O–H groups in total. The lowest BCUT2D eigenvalue weighted by Gasteiger charge is -2.22. The number of benzene rings is 1. The SMILES string of the molecule is C[C@]1(C2CC2)NC(=O)N(C[C@@H](O)COc2ccc3c(c2)OCO3)C1=O. The summed E-state index contributed by atoms with van der Waals surface area (Å²) in [4.78, 5) is 25.7. The molecule has 25 heavy (non-hydrogen) atoms. The van der Waals surface area contributed by atoms with Gasteiger partial charge in [0.05, 0.1) is 6.54 Å². The Labute approximate surface area is 144 Å². The average molecular weight is 348 g/mol. The Morgan fingerprint density at radius 2 is 2.12 bits per heavy atom. The van der Waals surface area contributed by atoms with Crippen molar-refractivity contribution in [1.82, 2.24) is 10.2 Å². The fourth-order valence-corrected chi connectivity index (χ4v) is 3.24. The van der Waals surface area contributed by atoms with Crippen LogP contribution in [-0.2, 0) is 4.79 Å². The van der Waals surface area contributed by atoms with Gasteiger partial charge in [0.25, 0.3) is 5.91 Å². The van der Waals surface area contributed by atoms with Crippen molar-refractivity contribution in [2.75, 3.05) is 19.9 Å². The van der Waals surface area contributed by atoms with Crippen molar-refractivity contribution in [2.24, 2.45) is 5.92 Å². The van der Waals surface area contributed by atoms with Gasteiger partial charge >= 0.3 is 6.03 Å². The van der Waals surface area contributed by atoms with Crippen molar-refractivity contribution in [3.8, 4) is 17.2 Å². The van der Waals surface area contributed by atoms with E-state index in [1.54, 1.807) is 25.1 Å². The molecule has 4 rings (SSSR count). The number of nitrogens with one attached hydrogen (secondary N) is 1. The summed E-state index contributed by atoms with van der Waals surface area (Å²) in [5.74, 6) is 1.66. The number of β-amino-alcohol motifs (C(OH)–C–C–N with tert-alkyl or cyclic N) is 1. The highest BCUT2D eigenvalue weighted by molar-refractivity contribution is 6.07. The van der Waals surface area contributed by atoms with E-state index in [1.165, 1.54) is 0 Å². The molecular weight excluding hydrogens is 328 g/mol. The summed E-state index contributed by atoms with van der Waals surface area (Å²) in [7, 11) is 0. The smallest absolute Gasteiger partial charge is 0.325 e. The molecule has 1 aromatic rings. The van der Waals surface area contributed by atoms with E-state index < -0.39 is 17.7 Å². The second kappa shape index (κ2) is 5.80. The molecule has 2 heterocycles. The van der Waals surface area contributed by atoms with Gasteiger partial charge in [-0.25, -0.2) is 4.79 Å². The summed E-state index contributed by atoms with van der Waals surface area (Å²) in [6, 6.07) is 4.65. The summed E-state index contributed by atoms with van der Waals surface area (Å²) >= 11 is 0. The Morgan fingerprint density at radius 1 is 1.36 bits per heavy atom. The third-order valence-electron chi connectivity index (χ3n) is 4.87. The van der Waals surface area contributed by atoms with Gasteiger partial charge in [-0.3, -0.25) is 9.69 Å². The second-order valence-corrected chi connectivity index (χ2v) is 6.80. The van der Waals surface area contributed by atoms with E-state index in [-0.39, 0.29) is 31.8 Å². The predicted molar refractivity (Wildman–Crippen MR) is 85.4 cm³/mol. The standard InChI is InChI=1S/C17H20N2O6/c1-17(10-2-3-10)15(21)19(16(22)18-17)7-11(20)8-23-12-4-5-13-14(6-12)25-9-24-13/h4-6,10-11,20H,2-3,7-9H2,1H3,(H,18,22)/t11-,17-/m1/s1. The van der Waals surface area contributed by atoms with Crippen LogP contribution in [0.15, 0.2) is 18.2 Å². The fraction of sp³-hybridized carbons (Fsp3) is 0.529. The Balaban J connectivity index is 1.34. The molecule has 0 bridgehead atoms. The monoisotopic (exact) mass is 348 g/mol. The van der Waals surface area contributed by atoms with E-state index in [0.29, 0.717) is 17.2 Å². The Bertz CT molecular complexity index is 719. The molecule has 0 unspecified atom stereocenters. The quantitative estimate of drug-likeness (QED) is 0.741. The fourth-order valence-electron chi connectivity index (χ4n) is 3.24. The van der Waals surface area contributed by atoms with Gasteiger partial charge in [-0.15, -0.1) is 0 Å². The molecule has 2 aliphatic heterocycles. The number of rotatable bonds is 6. The Hall–Kier alpha value is -2.48. The minimum Gasteiger partial charge on any atom is -0.491 e. The van der Waals surface area contributed by atoms with Crippen LogP contribution in [0.5, 0.6) is 17.2 Å². The molecular formula is C17H20N2O6. The van der Waals surface area contributed by atoms with E-state index in [4.69, 9.17) is 14.2 Å². The number of urea groups is 1. The molecule has 1 saturated carbocycles. The van der Waals surface area contributed by atoms with Crippen molar-refractivity contribution in [3.63, 3.8) is 0 Å². The molecule has 3 aliphatic rings. The number of hydrogen-bond donors (Lipinski definition) is 2. The molecule has 0 spiro atoms. The summed E-state index contributed by atoms with van der Waals surface area (Å²) in [5, 5.41) is 12.9. The van der Waals surface area contributed by atoms with Crippen LogP contribution in [0.2, 0.25) is 0 Å². The maximum atomic E-state index is 12.5. The molecule has 1 aromatic carbocycles. The van der Waals surface area contributed by atoms with Crippen molar-refractivity contribution in [1.29, 1.82) is 0 Å². The third-order valence-corrected chi connectivity index (χ3v) is 4.87. The van der Waals surface area contributed by atoms with Crippen LogP contribution in [0.25, 0.3) is 0 Å². The number of carbonyl (C=O) groups is 2.